The minimum atomic E-state index is -0.468. The first-order chi connectivity index (χ1) is 14.7. The summed E-state index contributed by atoms with van der Waals surface area (Å²) in [6.45, 7) is 0. The Labute approximate surface area is 172 Å². The van der Waals surface area contributed by atoms with Crippen LogP contribution in [-0.2, 0) is 4.79 Å². The first kappa shape index (κ1) is 17.8. The van der Waals surface area contributed by atoms with Crippen LogP contribution in [0, 0.1) is 0 Å². The van der Waals surface area contributed by atoms with Crippen molar-refractivity contribution in [2.75, 3.05) is 0 Å². The van der Waals surface area contributed by atoms with E-state index in [-0.39, 0.29) is 0 Å². The van der Waals surface area contributed by atoms with Gasteiger partial charge in [0.15, 0.2) is 0 Å². The second kappa shape index (κ2) is 7.29. The maximum Gasteiger partial charge on any atom is 0.241 e. The van der Waals surface area contributed by atoms with Crippen LogP contribution in [0.1, 0.15) is 5.56 Å². The highest BCUT2D eigenvalue weighted by Crippen LogP contribution is 2.34. The van der Waals surface area contributed by atoms with Gasteiger partial charge in [-0.25, -0.2) is 4.98 Å². The van der Waals surface area contributed by atoms with Gasteiger partial charge in [0.25, 0.3) is 0 Å². The molecule has 5 nitrogen and oxygen atoms in total. The maximum atomic E-state index is 11.0. The van der Waals surface area contributed by atoms with E-state index in [1.807, 2.05) is 67.1 Å². The molecule has 0 atom stereocenters. The van der Waals surface area contributed by atoms with Crippen LogP contribution in [-0.4, -0.2) is 20.9 Å². The van der Waals surface area contributed by atoms with E-state index in [0.29, 0.717) is 0 Å². The van der Waals surface area contributed by atoms with Crippen LogP contribution in [0.4, 0.5) is 0 Å². The SMILES string of the molecule is NC(=O)C=Cc1cccc(-c2cnc3[nH]cc(-c4ccnc5ccccc45)c3c2)c1. The molecule has 144 valence electrons. The summed E-state index contributed by atoms with van der Waals surface area (Å²) in [6.07, 6.45) is 8.75. The van der Waals surface area contributed by atoms with E-state index in [4.69, 9.17) is 5.73 Å². The van der Waals surface area contributed by atoms with Crippen molar-refractivity contribution in [2.45, 2.75) is 0 Å². The fourth-order valence-electron chi connectivity index (χ4n) is 3.72. The lowest BCUT2D eigenvalue weighted by molar-refractivity contribution is -0.113. The number of amides is 1. The summed E-state index contributed by atoms with van der Waals surface area (Å²) in [5.41, 5.74) is 12.1. The van der Waals surface area contributed by atoms with Crippen LogP contribution in [0.3, 0.4) is 0 Å². The number of hydrogen-bond donors (Lipinski definition) is 2. The number of H-pyrrole nitrogens is 1. The first-order valence-electron chi connectivity index (χ1n) is 9.58. The molecule has 0 saturated heterocycles. The molecule has 3 aromatic heterocycles. The molecule has 0 aliphatic heterocycles. The molecule has 0 spiro atoms. The number of nitrogens with one attached hydrogen (secondary N) is 1. The number of aromatic nitrogens is 3. The van der Waals surface area contributed by atoms with Gasteiger partial charge in [-0.2, -0.15) is 0 Å². The van der Waals surface area contributed by atoms with Gasteiger partial charge in [-0.05, 0) is 47.0 Å². The monoisotopic (exact) mass is 390 g/mol. The average molecular weight is 390 g/mol. The third-order valence-corrected chi connectivity index (χ3v) is 5.13. The van der Waals surface area contributed by atoms with Crippen molar-refractivity contribution in [3.05, 3.63) is 90.9 Å². The van der Waals surface area contributed by atoms with Gasteiger partial charge in [0.1, 0.15) is 5.65 Å². The Kier molecular flexibility index (Phi) is 4.33. The molecule has 30 heavy (non-hydrogen) atoms. The Balaban J connectivity index is 1.64. The molecule has 0 radical (unpaired) electrons. The molecule has 0 bridgehead atoms. The quantitative estimate of drug-likeness (QED) is 0.426. The highest BCUT2D eigenvalue weighted by Gasteiger charge is 2.12. The number of para-hydroxylation sites is 1. The lowest BCUT2D eigenvalue weighted by Crippen LogP contribution is -2.05. The van der Waals surface area contributed by atoms with Crippen LogP contribution < -0.4 is 5.73 Å². The zero-order valence-corrected chi connectivity index (χ0v) is 16.0. The highest BCUT2D eigenvalue weighted by molar-refractivity contribution is 6.04. The molecule has 5 rings (SSSR count). The van der Waals surface area contributed by atoms with Crippen molar-refractivity contribution in [3.63, 3.8) is 0 Å². The number of nitrogens with two attached hydrogens (primary N) is 1. The molecule has 1 amide bonds. The zero-order chi connectivity index (χ0) is 20.5. The van der Waals surface area contributed by atoms with Crippen molar-refractivity contribution in [1.82, 2.24) is 15.0 Å². The number of pyridine rings is 2. The first-order valence-corrected chi connectivity index (χ1v) is 9.58. The van der Waals surface area contributed by atoms with Gasteiger partial charge in [0.05, 0.1) is 5.52 Å². The maximum absolute atomic E-state index is 11.0. The number of rotatable bonds is 4. The van der Waals surface area contributed by atoms with Crippen LogP contribution in [0.15, 0.2) is 85.3 Å². The minimum Gasteiger partial charge on any atom is -0.366 e. The standard InChI is InChI=1S/C25H18N4O/c26-24(30)9-8-16-4-3-5-17(12-16)18-13-21-22(15-29-25(21)28-14-18)19-10-11-27-23-7-2-1-6-20(19)23/h1-15H,(H2,26,30)(H,28,29). The predicted molar refractivity (Wildman–Crippen MR) is 120 cm³/mol. The number of nitrogens with zero attached hydrogens (tertiary/aromatic N) is 2. The van der Waals surface area contributed by atoms with Crippen molar-refractivity contribution >= 4 is 33.9 Å². The zero-order valence-electron chi connectivity index (χ0n) is 16.0. The van der Waals surface area contributed by atoms with E-state index in [1.54, 1.807) is 6.08 Å². The van der Waals surface area contributed by atoms with Gasteiger partial charge >= 0.3 is 0 Å². The fourth-order valence-corrected chi connectivity index (χ4v) is 3.72. The molecular formula is C25H18N4O. The Morgan fingerprint density at radius 2 is 1.80 bits per heavy atom. The van der Waals surface area contributed by atoms with Gasteiger partial charge in [-0.1, -0.05) is 36.4 Å². The summed E-state index contributed by atoms with van der Waals surface area (Å²) in [4.78, 5) is 23.4. The van der Waals surface area contributed by atoms with Crippen molar-refractivity contribution in [2.24, 2.45) is 5.73 Å². The van der Waals surface area contributed by atoms with Gasteiger partial charge < -0.3 is 10.7 Å². The second-order valence-electron chi connectivity index (χ2n) is 7.06. The van der Waals surface area contributed by atoms with E-state index in [0.717, 1.165) is 49.8 Å². The lowest BCUT2D eigenvalue weighted by atomic mass is 9.99. The lowest BCUT2D eigenvalue weighted by Gasteiger charge is -2.07. The molecule has 3 N–H and O–H groups in total. The molecule has 0 saturated carbocycles. The van der Waals surface area contributed by atoms with Gasteiger partial charge in [0.2, 0.25) is 5.91 Å². The minimum absolute atomic E-state index is 0.468. The molecule has 5 aromatic rings. The van der Waals surface area contributed by atoms with Crippen LogP contribution in [0.5, 0.6) is 0 Å². The van der Waals surface area contributed by atoms with Gasteiger partial charge in [-0.3, -0.25) is 9.78 Å². The molecule has 0 aliphatic rings. The summed E-state index contributed by atoms with van der Waals surface area (Å²) in [5.74, 6) is -0.468. The van der Waals surface area contributed by atoms with E-state index < -0.39 is 5.91 Å². The molecule has 0 fully saturated rings. The van der Waals surface area contributed by atoms with E-state index in [9.17, 15) is 4.79 Å². The summed E-state index contributed by atoms with van der Waals surface area (Å²) in [7, 11) is 0. The van der Waals surface area contributed by atoms with Crippen molar-refractivity contribution in [1.29, 1.82) is 0 Å². The molecule has 0 unspecified atom stereocenters. The normalized spacial score (nSPS) is 11.5. The number of primary amides is 1. The Morgan fingerprint density at radius 3 is 2.70 bits per heavy atom. The van der Waals surface area contributed by atoms with Crippen molar-refractivity contribution in [3.8, 4) is 22.3 Å². The summed E-state index contributed by atoms with van der Waals surface area (Å²) in [6, 6.07) is 20.2. The molecular weight excluding hydrogens is 372 g/mol. The fraction of sp³-hybridized carbons (Fsp3) is 0. The predicted octanol–water partition coefficient (Wildman–Crippen LogP) is 4.94. The number of carbonyl (C=O) groups excluding carboxylic acids is 1. The van der Waals surface area contributed by atoms with Crippen LogP contribution >= 0.6 is 0 Å². The Morgan fingerprint density at radius 1 is 0.900 bits per heavy atom. The van der Waals surface area contributed by atoms with Crippen LogP contribution in [0.25, 0.3) is 50.3 Å². The van der Waals surface area contributed by atoms with E-state index in [2.05, 4.69) is 27.1 Å². The summed E-state index contributed by atoms with van der Waals surface area (Å²) >= 11 is 0. The number of fused-ring (bicyclic) bond motifs is 2. The largest absolute Gasteiger partial charge is 0.366 e. The summed E-state index contributed by atoms with van der Waals surface area (Å²) < 4.78 is 0. The second-order valence-corrected chi connectivity index (χ2v) is 7.06. The topological polar surface area (TPSA) is 84.7 Å². The molecule has 2 aromatic carbocycles. The van der Waals surface area contributed by atoms with E-state index in [1.165, 1.54) is 6.08 Å². The number of benzene rings is 2. The van der Waals surface area contributed by atoms with E-state index >= 15 is 0 Å². The number of carbonyl (C=O) groups is 1. The average Bonchev–Trinajstić information content (AvgIpc) is 3.20. The molecule has 5 heteroatoms. The Hall–Kier alpha value is -4.25. The molecule has 3 heterocycles. The highest BCUT2D eigenvalue weighted by atomic mass is 16.1. The third kappa shape index (κ3) is 3.22. The number of hydrogen-bond acceptors (Lipinski definition) is 3. The van der Waals surface area contributed by atoms with Crippen molar-refractivity contribution < 1.29 is 4.79 Å². The number of aromatic amines is 1. The van der Waals surface area contributed by atoms with Gasteiger partial charge in [-0.15, -0.1) is 0 Å². The Bertz CT molecular complexity index is 1430. The smallest absolute Gasteiger partial charge is 0.241 e. The third-order valence-electron chi connectivity index (χ3n) is 5.13. The molecule has 0 aliphatic carbocycles. The summed E-state index contributed by atoms with van der Waals surface area (Å²) in [5, 5.41) is 2.15. The van der Waals surface area contributed by atoms with Crippen LogP contribution in [0.2, 0.25) is 0 Å². The van der Waals surface area contributed by atoms with Gasteiger partial charge in [0, 0.05) is 46.6 Å².